The molecule has 1 aromatic carbocycles. The summed E-state index contributed by atoms with van der Waals surface area (Å²) in [6.07, 6.45) is 3.42. The molecule has 27 heavy (non-hydrogen) atoms. The molecule has 1 aliphatic rings. The summed E-state index contributed by atoms with van der Waals surface area (Å²) in [6, 6.07) is 2.54. The Balaban J connectivity index is 1.77. The van der Waals surface area contributed by atoms with Crippen molar-refractivity contribution in [2.75, 3.05) is 6.61 Å². The molecule has 0 bridgehead atoms. The van der Waals surface area contributed by atoms with Gasteiger partial charge in [0.25, 0.3) is 5.91 Å². The minimum Gasteiger partial charge on any atom is -0.548 e. The van der Waals surface area contributed by atoms with Gasteiger partial charge in [-0.1, -0.05) is 13.3 Å². The smallest absolute Gasteiger partial charge is 0.339 e. The van der Waals surface area contributed by atoms with E-state index in [0.29, 0.717) is 29.7 Å². The lowest BCUT2D eigenvalue weighted by Gasteiger charge is -2.19. The fourth-order valence-electron chi connectivity index (χ4n) is 3.54. The van der Waals surface area contributed by atoms with Crippen molar-refractivity contribution in [3.63, 3.8) is 0 Å². The van der Waals surface area contributed by atoms with Gasteiger partial charge in [0.1, 0.15) is 11.3 Å². The van der Waals surface area contributed by atoms with E-state index in [1.165, 1.54) is 0 Å². The molecule has 7 heteroatoms. The molecule has 0 radical (unpaired) electrons. The van der Waals surface area contributed by atoms with Gasteiger partial charge in [-0.05, 0) is 50.3 Å². The number of rotatable bonds is 7. The van der Waals surface area contributed by atoms with E-state index in [4.69, 9.17) is 9.15 Å². The van der Waals surface area contributed by atoms with Gasteiger partial charge in [-0.25, -0.2) is 4.79 Å². The Morgan fingerprint density at radius 1 is 1.30 bits per heavy atom. The predicted octanol–water partition coefficient (Wildman–Crippen LogP) is 1.00. The third-order valence-corrected chi connectivity index (χ3v) is 4.90. The van der Waals surface area contributed by atoms with Crippen molar-refractivity contribution in [2.24, 2.45) is 0 Å². The number of benzene rings is 1. The van der Waals surface area contributed by atoms with E-state index in [9.17, 15) is 19.5 Å². The Labute approximate surface area is 156 Å². The zero-order chi connectivity index (χ0) is 19.6. The van der Waals surface area contributed by atoms with E-state index in [2.05, 4.69) is 5.32 Å². The number of aliphatic carboxylic acids is 1. The van der Waals surface area contributed by atoms with Crippen LogP contribution in [0.3, 0.4) is 0 Å². The summed E-state index contributed by atoms with van der Waals surface area (Å²) >= 11 is 0. The SMILES string of the molecule is CCC[C@H](NC(=O)COc1ccc2c3c(c(=O)oc2c1C)CCC3)C(=O)[O-]. The lowest BCUT2D eigenvalue weighted by atomic mass is 10.0. The maximum atomic E-state index is 12.2. The maximum absolute atomic E-state index is 12.2. The molecule has 1 N–H and O–H groups in total. The summed E-state index contributed by atoms with van der Waals surface area (Å²) < 4.78 is 11.0. The summed E-state index contributed by atoms with van der Waals surface area (Å²) in [6.45, 7) is 3.25. The fourth-order valence-corrected chi connectivity index (χ4v) is 3.54. The minimum atomic E-state index is -1.32. The molecule has 3 rings (SSSR count). The van der Waals surface area contributed by atoms with Crippen molar-refractivity contribution >= 4 is 22.8 Å². The second-order valence-corrected chi connectivity index (χ2v) is 6.78. The van der Waals surface area contributed by atoms with Crippen molar-refractivity contribution < 1.29 is 23.8 Å². The highest BCUT2D eigenvalue weighted by Gasteiger charge is 2.21. The predicted molar refractivity (Wildman–Crippen MR) is 96.6 cm³/mol. The number of hydrogen-bond donors (Lipinski definition) is 1. The van der Waals surface area contributed by atoms with E-state index in [1.54, 1.807) is 13.0 Å². The third kappa shape index (κ3) is 3.82. The Hall–Kier alpha value is -2.83. The highest BCUT2D eigenvalue weighted by atomic mass is 16.5. The molecule has 1 aliphatic carbocycles. The third-order valence-electron chi connectivity index (χ3n) is 4.90. The van der Waals surface area contributed by atoms with Crippen LogP contribution in [0.2, 0.25) is 0 Å². The van der Waals surface area contributed by atoms with Gasteiger partial charge in [0.05, 0.1) is 12.0 Å². The Morgan fingerprint density at radius 3 is 2.74 bits per heavy atom. The fraction of sp³-hybridized carbons (Fsp3) is 0.450. The number of ether oxygens (including phenoxy) is 1. The first kappa shape index (κ1) is 18.9. The van der Waals surface area contributed by atoms with Gasteiger partial charge in [0.2, 0.25) is 0 Å². The molecule has 1 atom stereocenters. The first-order valence-corrected chi connectivity index (χ1v) is 9.13. The second kappa shape index (κ2) is 7.82. The normalized spacial score (nSPS) is 14.0. The number of fused-ring (bicyclic) bond motifs is 3. The molecule has 1 amide bonds. The second-order valence-electron chi connectivity index (χ2n) is 6.78. The van der Waals surface area contributed by atoms with Gasteiger partial charge in [0.15, 0.2) is 6.61 Å². The summed E-state index contributed by atoms with van der Waals surface area (Å²) in [4.78, 5) is 35.2. The van der Waals surface area contributed by atoms with Crippen LogP contribution in [0.1, 0.15) is 42.9 Å². The van der Waals surface area contributed by atoms with Crippen LogP contribution in [-0.4, -0.2) is 24.5 Å². The Kier molecular flexibility index (Phi) is 5.48. The zero-order valence-corrected chi connectivity index (χ0v) is 15.4. The highest BCUT2D eigenvalue weighted by Crippen LogP contribution is 2.32. The van der Waals surface area contributed by atoms with Gasteiger partial charge in [-0.3, -0.25) is 4.79 Å². The largest absolute Gasteiger partial charge is 0.548 e. The molecule has 0 saturated heterocycles. The molecule has 0 unspecified atom stereocenters. The standard InChI is InChI=1S/C20H23NO6/c1-3-5-15(19(23)24)21-17(22)10-26-16-9-8-13-12-6-4-7-14(12)20(25)27-18(13)11(16)2/h8-9,15H,3-7,10H2,1-2H3,(H,21,22)(H,23,24)/p-1/t15-/m0/s1. The van der Waals surface area contributed by atoms with Crippen molar-refractivity contribution in [1.29, 1.82) is 0 Å². The summed E-state index contributed by atoms with van der Waals surface area (Å²) in [5.41, 5.74) is 2.57. The Morgan fingerprint density at radius 2 is 2.04 bits per heavy atom. The van der Waals surface area contributed by atoms with Crippen LogP contribution >= 0.6 is 0 Å². The maximum Gasteiger partial charge on any atom is 0.339 e. The molecular formula is C20H22NO6-. The van der Waals surface area contributed by atoms with Gasteiger partial charge in [0, 0.05) is 16.5 Å². The van der Waals surface area contributed by atoms with Gasteiger partial charge < -0.3 is 24.4 Å². The van der Waals surface area contributed by atoms with Crippen molar-refractivity contribution in [1.82, 2.24) is 5.32 Å². The van der Waals surface area contributed by atoms with E-state index in [0.717, 1.165) is 35.8 Å². The van der Waals surface area contributed by atoms with Crippen LogP contribution in [-0.2, 0) is 22.4 Å². The number of carboxylic acids is 1. The number of hydrogen-bond acceptors (Lipinski definition) is 6. The molecule has 144 valence electrons. The number of carboxylic acid groups (broad SMARTS) is 1. The molecule has 0 fully saturated rings. The van der Waals surface area contributed by atoms with Crippen LogP contribution in [0, 0.1) is 6.92 Å². The molecule has 0 saturated carbocycles. The van der Waals surface area contributed by atoms with Crippen LogP contribution in [0.5, 0.6) is 5.75 Å². The summed E-state index contributed by atoms with van der Waals surface area (Å²) in [5.74, 6) is -1.45. The van der Waals surface area contributed by atoms with Crippen LogP contribution in [0.15, 0.2) is 21.3 Å². The van der Waals surface area contributed by atoms with Gasteiger partial charge in [-0.15, -0.1) is 0 Å². The molecule has 7 nitrogen and oxygen atoms in total. The van der Waals surface area contributed by atoms with Crippen LogP contribution in [0.4, 0.5) is 0 Å². The van der Waals surface area contributed by atoms with Gasteiger partial charge in [-0.2, -0.15) is 0 Å². The number of carbonyl (C=O) groups excluding carboxylic acids is 2. The summed E-state index contributed by atoms with van der Waals surface area (Å²) in [7, 11) is 0. The number of aryl methyl sites for hydroxylation is 2. The molecule has 1 heterocycles. The zero-order valence-electron chi connectivity index (χ0n) is 15.4. The van der Waals surface area contributed by atoms with E-state index in [-0.39, 0.29) is 12.2 Å². The lowest BCUT2D eigenvalue weighted by Crippen LogP contribution is -2.49. The molecule has 2 aromatic rings. The minimum absolute atomic E-state index is 0.291. The van der Waals surface area contributed by atoms with Gasteiger partial charge >= 0.3 is 5.63 Å². The van der Waals surface area contributed by atoms with E-state index < -0.39 is 17.9 Å². The molecular weight excluding hydrogens is 350 g/mol. The number of amides is 1. The first-order valence-electron chi connectivity index (χ1n) is 9.13. The first-order chi connectivity index (χ1) is 12.9. The van der Waals surface area contributed by atoms with E-state index >= 15 is 0 Å². The molecule has 0 spiro atoms. The van der Waals surface area contributed by atoms with Crippen molar-refractivity contribution in [2.45, 2.75) is 52.0 Å². The molecule has 1 aromatic heterocycles. The quantitative estimate of drug-likeness (QED) is 0.727. The highest BCUT2D eigenvalue weighted by molar-refractivity contribution is 5.87. The number of nitrogens with one attached hydrogen (secondary N) is 1. The monoisotopic (exact) mass is 372 g/mol. The average molecular weight is 372 g/mol. The summed E-state index contributed by atoms with van der Waals surface area (Å²) in [5, 5.41) is 14.3. The average Bonchev–Trinajstić information content (AvgIpc) is 3.12. The Bertz CT molecular complexity index is 946. The van der Waals surface area contributed by atoms with Crippen molar-refractivity contribution in [3.8, 4) is 5.75 Å². The lowest BCUT2D eigenvalue weighted by molar-refractivity contribution is -0.308. The van der Waals surface area contributed by atoms with Crippen molar-refractivity contribution in [3.05, 3.63) is 39.2 Å². The number of carbonyl (C=O) groups is 2. The van der Waals surface area contributed by atoms with Crippen LogP contribution in [0.25, 0.3) is 11.0 Å². The molecule has 0 aliphatic heterocycles. The van der Waals surface area contributed by atoms with E-state index in [1.807, 2.05) is 13.0 Å². The topological polar surface area (TPSA) is 109 Å². The van der Waals surface area contributed by atoms with Crippen LogP contribution < -0.4 is 20.8 Å².